The smallest absolute Gasteiger partial charge is 0.166 e. The Kier molecular flexibility index (Phi) is 6.56. The molecule has 13 rings (SSSR count). The van der Waals surface area contributed by atoms with Crippen molar-refractivity contribution < 1.29 is 12.6 Å². The molecule has 0 atom stereocenters. The van der Waals surface area contributed by atoms with Crippen LogP contribution < -0.4 is 0 Å². The van der Waals surface area contributed by atoms with Crippen LogP contribution in [0.2, 0.25) is 0 Å². The third-order valence-corrected chi connectivity index (χ3v) is 11.9. The molecule has 0 fully saturated rings. The lowest BCUT2D eigenvalue weighted by molar-refractivity contribution is 0.670. The molecule has 294 valence electrons. The Morgan fingerprint density at radius 1 is 0.397 bits per heavy atom. The molecule has 4 heterocycles. The zero-order valence-corrected chi connectivity index (χ0v) is 33.4. The van der Waals surface area contributed by atoms with Gasteiger partial charge in [-0.2, -0.15) is 0 Å². The van der Waals surface area contributed by atoms with Crippen molar-refractivity contribution in [2.45, 2.75) is 0 Å². The van der Waals surface area contributed by atoms with Crippen molar-refractivity contribution in [3.63, 3.8) is 0 Å². The summed E-state index contributed by atoms with van der Waals surface area (Å²) in [5.74, 6) is 1.26. The van der Waals surface area contributed by atoms with Crippen LogP contribution in [0.1, 0.15) is 8.22 Å². The third-order valence-electron chi connectivity index (χ3n) is 11.9. The molecule has 6 nitrogen and oxygen atoms in total. The van der Waals surface area contributed by atoms with E-state index in [-0.39, 0.29) is 58.1 Å². The molecule has 0 aliphatic rings. The summed E-state index contributed by atoms with van der Waals surface area (Å²) in [6, 6.07) is 55.9. The van der Waals surface area contributed by atoms with Crippen LogP contribution in [0.3, 0.4) is 0 Å². The molecule has 0 radical (unpaired) electrons. The molecule has 0 unspecified atom stereocenters. The molecule has 0 N–H and O–H groups in total. The molecule has 6 heteroatoms. The van der Waals surface area contributed by atoms with Gasteiger partial charge in [0, 0.05) is 65.8 Å². The molecule has 4 aromatic heterocycles. The molecule has 13 aromatic rings. The first kappa shape index (κ1) is 29.6. The van der Waals surface area contributed by atoms with Gasteiger partial charge in [0.05, 0.1) is 36.0 Å². The van der Waals surface area contributed by atoms with E-state index in [9.17, 15) is 5.48 Å². The van der Waals surface area contributed by atoms with Crippen molar-refractivity contribution in [1.82, 2.24) is 24.1 Å². The van der Waals surface area contributed by atoms with Crippen LogP contribution in [0.25, 0.3) is 122 Å². The topological polar surface area (TPSA) is 61.7 Å². The number of hydrogen-bond acceptors (Lipinski definition) is 4. The van der Waals surface area contributed by atoms with E-state index in [2.05, 4.69) is 34.9 Å². The minimum Gasteiger partial charge on any atom is -0.455 e. The van der Waals surface area contributed by atoms with Crippen LogP contribution in [0.15, 0.2) is 217 Å². The van der Waals surface area contributed by atoms with E-state index in [1.165, 1.54) is 12.1 Å². The predicted octanol–water partition coefficient (Wildman–Crippen LogP) is 14.6. The van der Waals surface area contributed by atoms with Gasteiger partial charge in [-0.3, -0.25) is 0 Å². The highest BCUT2D eigenvalue weighted by atomic mass is 16.3. The van der Waals surface area contributed by atoms with Crippen LogP contribution in [0, 0.1) is 0 Å². The van der Waals surface area contributed by atoms with Gasteiger partial charge in [-0.05, 0) is 48.5 Å². The lowest BCUT2D eigenvalue weighted by Gasteiger charge is -2.17. The van der Waals surface area contributed by atoms with E-state index in [0.29, 0.717) is 45.5 Å². The van der Waals surface area contributed by atoms with Crippen LogP contribution in [-0.2, 0) is 0 Å². The molecular formula is C57H35N5O. The van der Waals surface area contributed by atoms with Crippen molar-refractivity contribution in [2.24, 2.45) is 0 Å². The summed E-state index contributed by atoms with van der Waals surface area (Å²) < 4.78 is 65.2. The number of rotatable bonds is 6. The average Bonchev–Trinajstić information content (AvgIpc) is 4.07. The highest BCUT2D eigenvalue weighted by molar-refractivity contribution is 6.14. The van der Waals surface area contributed by atoms with E-state index < -0.39 is 0 Å². The first-order valence-corrected chi connectivity index (χ1v) is 20.7. The Hall–Kier alpha value is -8.61. The Bertz CT molecular complexity index is 4210. The summed E-state index contributed by atoms with van der Waals surface area (Å²) in [4.78, 5) is 15.7. The monoisotopic (exact) mass is 811 g/mol. The minimum absolute atomic E-state index is 0.0680. The summed E-state index contributed by atoms with van der Waals surface area (Å²) in [6.07, 6.45) is 0. The molecule has 9 aromatic carbocycles. The summed E-state index contributed by atoms with van der Waals surface area (Å²) in [5, 5.41) is 4.29. The van der Waals surface area contributed by atoms with Crippen LogP contribution in [0.4, 0.5) is 0 Å². The standard InChI is InChI=1S/C57H35N5O/c1-3-17-36(18-4-1)55-58-56(60-57(59-55)47-28-15-25-44-41-23-9-11-29-48(41)61(53(44)47)38-19-5-2-6-20-38)37-33-34-42(45-26-16-27-46-43-24-10-14-32-52(43)63-54(45)46)51(35-37)62-49-30-12-7-21-39(49)40-22-8-13-31-50(40)62/h1-35H/i7D,8D,21D,22D,30D,31D. The molecule has 0 saturated carbocycles. The summed E-state index contributed by atoms with van der Waals surface area (Å²) >= 11 is 0. The SMILES string of the molecule is [2H]c1cc([2H])c2c(c1[2H])c1c([2H])c([2H])cc([2H])c1n2-c1cc(-c2nc(-c3ccccc3)nc(-c3cccc4c5ccccc5n(-c5ccccc5)c34)n2)ccc1-c1cccc2c1oc1ccccc12. The van der Waals surface area contributed by atoms with Gasteiger partial charge >= 0.3 is 0 Å². The Labute approximate surface area is 370 Å². The van der Waals surface area contributed by atoms with Crippen molar-refractivity contribution >= 4 is 65.6 Å². The van der Waals surface area contributed by atoms with Crippen molar-refractivity contribution in [1.29, 1.82) is 0 Å². The van der Waals surface area contributed by atoms with E-state index >= 15 is 0 Å². The number of aromatic nitrogens is 5. The number of benzene rings is 9. The Morgan fingerprint density at radius 3 is 1.79 bits per heavy atom. The number of para-hydroxylation sites is 7. The van der Waals surface area contributed by atoms with E-state index in [0.717, 1.165) is 55.0 Å². The maximum atomic E-state index is 9.40. The van der Waals surface area contributed by atoms with Gasteiger partial charge < -0.3 is 13.6 Å². The van der Waals surface area contributed by atoms with Gasteiger partial charge in [-0.15, -0.1) is 0 Å². The van der Waals surface area contributed by atoms with Crippen LogP contribution in [0.5, 0.6) is 0 Å². The number of furan rings is 1. The zero-order chi connectivity index (χ0) is 46.7. The van der Waals surface area contributed by atoms with Gasteiger partial charge in [-0.1, -0.05) is 164 Å². The average molecular weight is 812 g/mol. The fraction of sp³-hybridized carbons (Fsp3) is 0. The van der Waals surface area contributed by atoms with Crippen LogP contribution >= 0.6 is 0 Å². The van der Waals surface area contributed by atoms with Gasteiger partial charge in [0.1, 0.15) is 11.2 Å². The Balaban J connectivity index is 1.14. The largest absolute Gasteiger partial charge is 0.455 e. The molecule has 0 aliphatic carbocycles. The number of fused-ring (bicyclic) bond motifs is 9. The molecule has 63 heavy (non-hydrogen) atoms. The highest BCUT2D eigenvalue weighted by Crippen LogP contribution is 2.43. The van der Waals surface area contributed by atoms with E-state index in [1.54, 1.807) is 4.57 Å². The molecule has 0 saturated heterocycles. The fourth-order valence-electron chi connectivity index (χ4n) is 9.18. The molecule has 0 amide bonds. The van der Waals surface area contributed by atoms with Crippen molar-refractivity contribution in [2.75, 3.05) is 0 Å². The second-order valence-corrected chi connectivity index (χ2v) is 15.5. The molecule has 0 aliphatic heterocycles. The summed E-state index contributed by atoms with van der Waals surface area (Å²) in [5.41, 5.74) is 8.83. The normalized spacial score (nSPS) is 13.1. The van der Waals surface area contributed by atoms with Gasteiger partial charge in [0.2, 0.25) is 0 Å². The first-order valence-electron chi connectivity index (χ1n) is 23.7. The Morgan fingerprint density at radius 2 is 1.02 bits per heavy atom. The van der Waals surface area contributed by atoms with Crippen molar-refractivity contribution in [3.05, 3.63) is 212 Å². The first-order chi connectivity index (χ1) is 33.7. The minimum atomic E-state index is -0.197. The fourth-order valence-corrected chi connectivity index (χ4v) is 9.18. The third kappa shape index (κ3) is 5.48. The molecule has 0 bridgehead atoms. The lowest BCUT2D eigenvalue weighted by Crippen LogP contribution is -2.03. The van der Waals surface area contributed by atoms with Gasteiger partial charge in [0.15, 0.2) is 17.5 Å². The van der Waals surface area contributed by atoms with E-state index in [1.807, 2.05) is 133 Å². The lowest BCUT2D eigenvalue weighted by atomic mass is 9.98. The highest BCUT2D eigenvalue weighted by Gasteiger charge is 2.23. The maximum absolute atomic E-state index is 9.40. The predicted molar refractivity (Wildman–Crippen MR) is 258 cm³/mol. The van der Waals surface area contributed by atoms with Gasteiger partial charge in [-0.25, -0.2) is 15.0 Å². The quantitative estimate of drug-likeness (QED) is 0.168. The molecule has 0 spiro atoms. The maximum Gasteiger partial charge on any atom is 0.166 e. The second kappa shape index (κ2) is 14.0. The van der Waals surface area contributed by atoms with Gasteiger partial charge in [0.25, 0.3) is 0 Å². The summed E-state index contributed by atoms with van der Waals surface area (Å²) in [7, 11) is 0. The zero-order valence-electron chi connectivity index (χ0n) is 39.4. The number of hydrogen-bond donors (Lipinski definition) is 0. The van der Waals surface area contributed by atoms with Crippen molar-refractivity contribution in [3.8, 4) is 56.7 Å². The summed E-state index contributed by atoms with van der Waals surface area (Å²) in [6.45, 7) is 0. The van der Waals surface area contributed by atoms with Crippen LogP contribution in [-0.4, -0.2) is 24.1 Å². The second-order valence-electron chi connectivity index (χ2n) is 15.5. The number of nitrogens with zero attached hydrogens (tertiary/aromatic N) is 5. The van der Waals surface area contributed by atoms with E-state index in [4.69, 9.17) is 22.1 Å². The molecular weight excluding hydrogens is 771 g/mol.